The number of aromatic nitrogens is 2. The number of aliphatic hydroxyl groups is 1. The first-order valence-electron chi connectivity index (χ1n) is 8.13. The zero-order valence-corrected chi connectivity index (χ0v) is 13.4. The van der Waals surface area contributed by atoms with Crippen molar-refractivity contribution in [1.29, 1.82) is 0 Å². The Morgan fingerprint density at radius 1 is 1.30 bits per heavy atom. The molecule has 23 heavy (non-hydrogen) atoms. The smallest absolute Gasteiger partial charge is 0.227 e. The first kappa shape index (κ1) is 15.7. The monoisotopic (exact) mass is 313 g/mol. The largest absolute Gasteiger partial charge is 0.391 e. The van der Waals surface area contributed by atoms with Gasteiger partial charge >= 0.3 is 0 Å². The minimum atomic E-state index is -0.444. The van der Waals surface area contributed by atoms with Crippen LogP contribution >= 0.6 is 0 Å². The molecule has 0 spiro atoms. The second kappa shape index (κ2) is 6.96. The highest BCUT2D eigenvalue weighted by atomic mass is 16.3. The summed E-state index contributed by atoms with van der Waals surface area (Å²) in [6.07, 6.45) is 6.66. The van der Waals surface area contributed by atoms with E-state index in [2.05, 4.69) is 4.98 Å². The van der Waals surface area contributed by atoms with Crippen LogP contribution in [-0.2, 0) is 11.2 Å². The van der Waals surface area contributed by atoms with E-state index in [1.807, 2.05) is 46.9 Å². The van der Waals surface area contributed by atoms with E-state index in [1.165, 1.54) is 0 Å². The maximum Gasteiger partial charge on any atom is 0.227 e. The van der Waals surface area contributed by atoms with Crippen LogP contribution in [0.2, 0.25) is 0 Å². The zero-order chi connectivity index (χ0) is 16.2. The third-order valence-corrected chi connectivity index (χ3v) is 4.70. The van der Waals surface area contributed by atoms with Crippen LogP contribution in [0, 0.1) is 6.92 Å². The summed E-state index contributed by atoms with van der Waals surface area (Å²) in [5.41, 5.74) is 2.22. The molecule has 0 bridgehead atoms. The van der Waals surface area contributed by atoms with E-state index in [4.69, 9.17) is 0 Å². The molecule has 1 aliphatic heterocycles. The lowest BCUT2D eigenvalue weighted by molar-refractivity contribution is -0.130. The van der Waals surface area contributed by atoms with Crippen LogP contribution in [0.25, 0.3) is 0 Å². The minimum Gasteiger partial charge on any atom is -0.391 e. The van der Waals surface area contributed by atoms with Crippen LogP contribution < -0.4 is 0 Å². The fourth-order valence-corrected chi connectivity index (χ4v) is 3.22. The number of hydrogen-bond donors (Lipinski definition) is 1. The predicted molar refractivity (Wildman–Crippen MR) is 88.0 cm³/mol. The highest BCUT2D eigenvalue weighted by Crippen LogP contribution is 2.23. The number of rotatable bonds is 3. The molecule has 5 heteroatoms. The molecule has 2 atom stereocenters. The van der Waals surface area contributed by atoms with E-state index >= 15 is 0 Å². The average molecular weight is 313 g/mol. The highest BCUT2D eigenvalue weighted by molar-refractivity contribution is 5.79. The average Bonchev–Trinajstić information content (AvgIpc) is 2.99. The molecule has 2 aromatic rings. The molecule has 122 valence electrons. The fraction of sp³-hybridized carbons (Fsp3) is 0.444. The van der Waals surface area contributed by atoms with Crippen LogP contribution in [0.3, 0.4) is 0 Å². The van der Waals surface area contributed by atoms with Gasteiger partial charge in [0.2, 0.25) is 5.91 Å². The Kier molecular flexibility index (Phi) is 4.76. The SMILES string of the molecule is Cc1ccccc1CC(=O)N1CC[C@H](O)[C@@H](n2ccnc2)CC1. The van der Waals surface area contributed by atoms with E-state index in [0.717, 1.165) is 17.5 Å². The molecule has 1 amide bonds. The van der Waals surface area contributed by atoms with Gasteiger partial charge in [0.15, 0.2) is 0 Å². The van der Waals surface area contributed by atoms with E-state index in [1.54, 1.807) is 12.5 Å². The molecule has 1 fully saturated rings. The Morgan fingerprint density at radius 3 is 2.83 bits per heavy atom. The topological polar surface area (TPSA) is 58.4 Å². The number of carbonyl (C=O) groups is 1. The first-order chi connectivity index (χ1) is 11.1. The molecule has 0 saturated carbocycles. The normalized spacial score (nSPS) is 21.9. The Labute approximate surface area is 136 Å². The molecule has 5 nitrogen and oxygen atoms in total. The highest BCUT2D eigenvalue weighted by Gasteiger charge is 2.27. The number of benzene rings is 1. The van der Waals surface area contributed by atoms with E-state index < -0.39 is 6.10 Å². The summed E-state index contributed by atoms with van der Waals surface area (Å²) in [7, 11) is 0. The maximum atomic E-state index is 12.6. The molecule has 1 aromatic heterocycles. The minimum absolute atomic E-state index is 0.00578. The number of amides is 1. The Bertz CT molecular complexity index is 654. The lowest BCUT2D eigenvalue weighted by atomic mass is 10.1. The van der Waals surface area contributed by atoms with Gasteiger partial charge in [-0.1, -0.05) is 24.3 Å². The predicted octanol–water partition coefficient (Wildman–Crippen LogP) is 1.96. The van der Waals surface area contributed by atoms with Gasteiger partial charge in [0.25, 0.3) is 0 Å². The van der Waals surface area contributed by atoms with Crippen LogP contribution in [0.15, 0.2) is 43.0 Å². The van der Waals surface area contributed by atoms with Crippen molar-refractivity contribution in [3.05, 3.63) is 54.1 Å². The van der Waals surface area contributed by atoms with E-state index in [-0.39, 0.29) is 11.9 Å². The number of nitrogens with zero attached hydrogens (tertiary/aromatic N) is 3. The van der Waals surface area contributed by atoms with Gasteiger partial charge < -0.3 is 14.6 Å². The zero-order valence-electron chi connectivity index (χ0n) is 13.4. The van der Waals surface area contributed by atoms with Crippen molar-refractivity contribution in [1.82, 2.24) is 14.5 Å². The van der Waals surface area contributed by atoms with Crippen molar-refractivity contribution in [3.63, 3.8) is 0 Å². The van der Waals surface area contributed by atoms with Gasteiger partial charge in [0.05, 0.1) is 24.9 Å². The van der Waals surface area contributed by atoms with Crippen molar-refractivity contribution in [2.75, 3.05) is 13.1 Å². The molecule has 0 aliphatic carbocycles. The fourth-order valence-electron chi connectivity index (χ4n) is 3.22. The van der Waals surface area contributed by atoms with E-state index in [9.17, 15) is 9.90 Å². The van der Waals surface area contributed by atoms with Crippen LogP contribution in [-0.4, -0.2) is 44.7 Å². The summed E-state index contributed by atoms with van der Waals surface area (Å²) >= 11 is 0. The molecule has 1 aromatic carbocycles. The third-order valence-electron chi connectivity index (χ3n) is 4.70. The number of hydrogen-bond acceptors (Lipinski definition) is 3. The van der Waals surface area contributed by atoms with Gasteiger partial charge in [-0.3, -0.25) is 4.79 Å². The summed E-state index contributed by atoms with van der Waals surface area (Å²) in [6, 6.07) is 7.99. The Morgan fingerprint density at radius 2 is 2.09 bits per heavy atom. The van der Waals surface area contributed by atoms with Gasteiger partial charge in [0.1, 0.15) is 0 Å². The molecule has 1 saturated heterocycles. The van der Waals surface area contributed by atoms with Crippen molar-refractivity contribution in [2.45, 2.75) is 38.3 Å². The second-order valence-electron chi connectivity index (χ2n) is 6.21. The summed E-state index contributed by atoms with van der Waals surface area (Å²) < 4.78 is 1.94. The van der Waals surface area contributed by atoms with Crippen LogP contribution in [0.5, 0.6) is 0 Å². The quantitative estimate of drug-likeness (QED) is 0.942. The van der Waals surface area contributed by atoms with Crippen molar-refractivity contribution >= 4 is 5.91 Å². The summed E-state index contributed by atoms with van der Waals surface area (Å²) in [6.45, 7) is 3.31. The van der Waals surface area contributed by atoms with Gasteiger partial charge in [-0.05, 0) is 30.9 Å². The second-order valence-corrected chi connectivity index (χ2v) is 6.21. The molecular formula is C18H23N3O2. The number of aryl methyl sites for hydroxylation is 1. The Hall–Kier alpha value is -2.14. The number of likely N-dealkylation sites (tertiary alicyclic amines) is 1. The lowest BCUT2D eigenvalue weighted by Crippen LogP contribution is -2.33. The standard InChI is InChI=1S/C18H23N3O2/c1-14-4-2-3-5-15(14)12-18(23)20-9-6-16(17(22)7-10-20)21-11-8-19-13-21/h2-5,8,11,13,16-17,22H,6-7,9-10,12H2,1H3/t16-,17-/m0/s1. The molecule has 0 radical (unpaired) electrons. The molecular weight excluding hydrogens is 290 g/mol. The number of imidazole rings is 1. The van der Waals surface area contributed by atoms with Gasteiger partial charge in [-0.15, -0.1) is 0 Å². The van der Waals surface area contributed by atoms with Gasteiger partial charge in [-0.25, -0.2) is 4.98 Å². The maximum absolute atomic E-state index is 12.6. The van der Waals surface area contributed by atoms with E-state index in [0.29, 0.717) is 25.9 Å². The summed E-state index contributed by atoms with van der Waals surface area (Å²) in [4.78, 5) is 18.5. The Balaban J connectivity index is 1.65. The number of aliphatic hydroxyl groups excluding tert-OH is 1. The van der Waals surface area contributed by atoms with Crippen LogP contribution in [0.1, 0.15) is 30.0 Å². The molecule has 0 unspecified atom stereocenters. The third kappa shape index (κ3) is 3.62. The molecule has 1 aliphatic rings. The van der Waals surface area contributed by atoms with Crippen molar-refractivity contribution in [2.24, 2.45) is 0 Å². The number of carbonyl (C=O) groups excluding carboxylic acids is 1. The summed E-state index contributed by atoms with van der Waals surface area (Å²) in [5, 5.41) is 10.4. The molecule has 3 rings (SSSR count). The van der Waals surface area contributed by atoms with Crippen LogP contribution in [0.4, 0.5) is 0 Å². The summed E-state index contributed by atoms with van der Waals surface area (Å²) in [5.74, 6) is 0.137. The lowest BCUT2D eigenvalue weighted by Gasteiger charge is -2.21. The van der Waals surface area contributed by atoms with Gasteiger partial charge in [-0.2, -0.15) is 0 Å². The van der Waals surface area contributed by atoms with Crippen molar-refractivity contribution < 1.29 is 9.90 Å². The van der Waals surface area contributed by atoms with Gasteiger partial charge in [0, 0.05) is 25.5 Å². The molecule has 1 N–H and O–H groups in total. The van der Waals surface area contributed by atoms with Crippen molar-refractivity contribution in [3.8, 4) is 0 Å². The molecule has 2 heterocycles. The first-order valence-corrected chi connectivity index (χ1v) is 8.13.